The van der Waals surface area contributed by atoms with Crippen LogP contribution in [0.2, 0.25) is 0 Å². The molecule has 0 radical (unpaired) electrons. The van der Waals surface area contributed by atoms with E-state index in [1.54, 1.807) is 17.9 Å². The van der Waals surface area contributed by atoms with E-state index >= 15 is 0 Å². The molecule has 1 atom stereocenters. The Balaban J connectivity index is 2.06. The van der Waals surface area contributed by atoms with Gasteiger partial charge in [0.25, 0.3) is 0 Å². The molecule has 1 aliphatic rings. The second-order valence-electron chi connectivity index (χ2n) is 5.54. The topological polar surface area (TPSA) is 52.6 Å². The van der Waals surface area contributed by atoms with Crippen LogP contribution in [-0.4, -0.2) is 35.2 Å². The number of hydrogen-bond donors (Lipinski definition) is 2. The van der Waals surface area contributed by atoms with Crippen LogP contribution in [0.4, 0.5) is 14.9 Å². The minimum absolute atomic E-state index is 0.108. The highest BCUT2D eigenvalue weighted by molar-refractivity contribution is 9.10. The van der Waals surface area contributed by atoms with Crippen LogP contribution < -0.4 is 5.32 Å². The van der Waals surface area contributed by atoms with Crippen LogP contribution in [-0.2, 0) is 0 Å². The molecule has 0 heterocycles. The number of nitrogens with zero attached hydrogens (tertiary/aromatic N) is 1. The molecule has 0 bridgehead atoms. The summed E-state index contributed by atoms with van der Waals surface area (Å²) in [7, 11) is 0. The van der Waals surface area contributed by atoms with E-state index in [1.807, 2.05) is 0 Å². The molecule has 1 aromatic rings. The predicted molar refractivity (Wildman–Crippen MR) is 83.7 cm³/mol. The number of carbonyl (C=O) groups is 1. The zero-order chi connectivity index (χ0) is 15.4. The average Bonchev–Trinajstić information content (AvgIpc) is 2.40. The molecule has 0 aliphatic heterocycles. The number of hydrogen-bond acceptors (Lipinski definition) is 2. The highest BCUT2D eigenvalue weighted by Crippen LogP contribution is 2.28. The van der Waals surface area contributed by atoms with Crippen LogP contribution in [0.5, 0.6) is 0 Å². The Labute approximate surface area is 132 Å². The Kier molecular flexibility index (Phi) is 5.58. The van der Waals surface area contributed by atoms with Crippen molar-refractivity contribution in [2.45, 2.75) is 32.2 Å². The summed E-state index contributed by atoms with van der Waals surface area (Å²) >= 11 is 3.18. The fraction of sp³-hybridized carbons (Fsp3) is 0.533. The molecule has 116 valence electrons. The number of rotatable bonds is 5. The van der Waals surface area contributed by atoms with E-state index in [1.165, 1.54) is 18.6 Å². The molecule has 0 aromatic heterocycles. The Morgan fingerprint density at radius 2 is 2.29 bits per heavy atom. The quantitative estimate of drug-likeness (QED) is 0.844. The molecule has 2 amide bonds. The number of benzene rings is 1. The molecular formula is C15H20BrFN2O2. The molecule has 1 aliphatic carbocycles. The lowest BCUT2D eigenvalue weighted by atomic mass is 9.85. The van der Waals surface area contributed by atoms with Gasteiger partial charge in [0.2, 0.25) is 0 Å². The largest absolute Gasteiger partial charge is 0.394 e. The smallest absolute Gasteiger partial charge is 0.322 e. The number of aliphatic hydroxyl groups is 1. The highest BCUT2D eigenvalue weighted by atomic mass is 79.9. The molecular weight excluding hydrogens is 339 g/mol. The monoisotopic (exact) mass is 358 g/mol. The van der Waals surface area contributed by atoms with Crippen molar-refractivity contribution in [3.63, 3.8) is 0 Å². The van der Waals surface area contributed by atoms with Crippen LogP contribution in [0.15, 0.2) is 22.7 Å². The van der Waals surface area contributed by atoms with Gasteiger partial charge in [0.15, 0.2) is 0 Å². The summed E-state index contributed by atoms with van der Waals surface area (Å²) in [6.45, 7) is 2.28. The lowest BCUT2D eigenvalue weighted by Gasteiger charge is -2.35. The van der Waals surface area contributed by atoms with Gasteiger partial charge in [-0.3, -0.25) is 0 Å². The lowest BCUT2D eigenvalue weighted by molar-refractivity contribution is 0.121. The maximum atomic E-state index is 13.8. The van der Waals surface area contributed by atoms with Crippen LogP contribution in [0, 0.1) is 11.7 Å². The lowest BCUT2D eigenvalue weighted by Crippen LogP contribution is -2.46. The summed E-state index contributed by atoms with van der Waals surface area (Å²) in [5, 5.41) is 11.9. The summed E-state index contributed by atoms with van der Waals surface area (Å²) in [5.41, 5.74) is 0.145. The zero-order valence-corrected chi connectivity index (χ0v) is 13.6. The van der Waals surface area contributed by atoms with E-state index in [0.29, 0.717) is 16.9 Å². The molecule has 1 aromatic carbocycles. The zero-order valence-electron chi connectivity index (χ0n) is 12.0. The number of halogens is 2. The first-order valence-corrected chi connectivity index (χ1v) is 7.94. The van der Waals surface area contributed by atoms with Gasteiger partial charge >= 0.3 is 6.03 Å². The van der Waals surface area contributed by atoms with Crippen molar-refractivity contribution in [3.05, 3.63) is 28.5 Å². The van der Waals surface area contributed by atoms with Crippen molar-refractivity contribution in [2.24, 2.45) is 5.92 Å². The van der Waals surface area contributed by atoms with E-state index in [-0.39, 0.29) is 24.4 Å². The van der Waals surface area contributed by atoms with Crippen molar-refractivity contribution in [1.82, 2.24) is 4.90 Å². The first kappa shape index (κ1) is 16.2. The fourth-order valence-electron chi connectivity index (χ4n) is 2.29. The Morgan fingerprint density at radius 3 is 2.81 bits per heavy atom. The van der Waals surface area contributed by atoms with Gasteiger partial charge in [0.05, 0.1) is 18.3 Å². The van der Waals surface area contributed by atoms with Crippen molar-refractivity contribution < 1.29 is 14.3 Å². The minimum atomic E-state index is -0.488. The molecule has 2 rings (SSSR count). The van der Waals surface area contributed by atoms with Gasteiger partial charge in [-0.2, -0.15) is 0 Å². The summed E-state index contributed by atoms with van der Waals surface area (Å²) in [6.07, 6.45) is 3.40. The third-order valence-corrected chi connectivity index (χ3v) is 4.40. The van der Waals surface area contributed by atoms with Crippen LogP contribution in [0.3, 0.4) is 0 Å². The van der Waals surface area contributed by atoms with E-state index in [2.05, 4.69) is 21.2 Å². The summed E-state index contributed by atoms with van der Waals surface area (Å²) in [5.74, 6) is -0.00233. The van der Waals surface area contributed by atoms with Crippen molar-refractivity contribution in [3.8, 4) is 0 Å². The summed E-state index contributed by atoms with van der Waals surface area (Å²) in [4.78, 5) is 13.9. The number of urea groups is 1. The van der Waals surface area contributed by atoms with Crippen LogP contribution >= 0.6 is 15.9 Å². The average molecular weight is 359 g/mol. The van der Waals surface area contributed by atoms with Crippen LogP contribution in [0.1, 0.15) is 26.2 Å². The fourth-order valence-corrected chi connectivity index (χ4v) is 2.63. The number of anilines is 1. The van der Waals surface area contributed by atoms with Crippen molar-refractivity contribution in [1.29, 1.82) is 0 Å². The number of carbonyl (C=O) groups excluding carboxylic acids is 1. The molecule has 0 spiro atoms. The molecule has 0 saturated heterocycles. The summed E-state index contributed by atoms with van der Waals surface area (Å²) in [6, 6.07) is 3.84. The second-order valence-corrected chi connectivity index (χ2v) is 6.45. The van der Waals surface area contributed by atoms with Gasteiger partial charge in [0.1, 0.15) is 5.82 Å². The van der Waals surface area contributed by atoms with Gasteiger partial charge in [-0.15, -0.1) is 0 Å². The number of aliphatic hydroxyl groups excluding tert-OH is 1. The normalized spacial score (nSPS) is 16.2. The van der Waals surface area contributed by atoms with Crippen molar-refractivity contribution >= 4 is 27.6 Å². The second kappa shape index (κ2) is 7.22. The first-order chi connectivity index (χ1) is 10.0. The molecule has 1 unspecified atom stereocenters. The standard InChI is InChI=1S/C15H20BrFN2O2/c1-10(9-20)19(8-11-3-2-4-11)15(21)18-14-6-5-12(16)7-13(14)17/h5-7,10-11,20H,2-4,8-9H2,1H3,(H,18,21). The van der Waals surface area contributed by atoms with Gasteiger partial charge in [-0.25, -0.2) is 9.18 Å². The molecule has 1 fully saturated rings. The number of nitrogens with one attached hydrogen (secondary N) is 1. The van der Waals surface area contributed by atoms with Crippen molar-refractivity contribution in [2.75, 3.05) is 18.5 Å². The van der Waals surface area contributed by atoms with E-state index in [4.69, 9.17) is 0 Å². The Bertz CT molecular complexity index is 508. The number of amides is 2. The molecule has 21 heavy (non-hydrogen) atoms. The van der Waals surface area contributed by atoms with Gasteiger partial charge < -0.3 is 15.3 Å². The third kappa shape index (κ3) is 4.17. The summed E-state index contributed by atoms with van der Waals surface area (Å²) < 4.78 is 14.4. The van der Waals surface area contributed by atoms with E-state index < -0.39 is 5.82 Å². The minimum Gasteiger partial charge on any atom is -0.394 e. The first-order valence-electron chi connectivity index (χ1n) is 7.14. The highest BCUT2D eigenvalue weighted by Gasteiger charge is 2.27. The Hall–Kier alpha value is -1.14. The molecule has 4 nitrogen and oxygen atoms in total. The van der Waals surface area contributed by atoms with Gasteiger partial charge in [-0.1, -0.05) is 22.4 Å². The maximum absolute atomic E-state index is 13.8. The molecule has 1 saturated carbocycles. The maximum Gasteiger partial charge on any atom is 0.322 e. The molecule has 6 heteroatoms. The molecule has 2 N–H and O–H groups in total. The predicted octanol–water partition coefficient (Wildman–Crippen LogP) is 3.60. The SMILES string of the molecule is CC(CO)N(CC1CCC1)C(=O)Nc1ccc(Br)cc1F. The van der Waals surface area contributed by atoms with Gasteiger partial charge in [0, 0.05) is 11.0 Å². The van der Waals surface area contributed by atoms with E-state index in [9.17, 15) is 14.3 Å². The van der Waals surface area contributed by atoms with E-state index in [0.717, 1.165) is 12.8 Å². The van der Waals surface area contributed by atoms with Crippen LogP contribution in [0.25, 0.3) is 0 Å². The third-order valence-electron chi connectivity index (χ3n) is 3.91. The Morgan fingerprint density at radius 1 is 1.57 bits per heavy atom. The van der Waals surface area contributed by atoms with Gasteiger partial charge in [-0.05, 0) is 43.9 Å².